The molecule has 0 aliphatic carbocycles. The van der Waals surface area contributed by atoms with E-state index in [0.29, 0.717) is 17.9 Å². The van der Waals surface area contributed by atoms with E-state index in [9.17, 15) is 8.42 Å². The molecule has 1 aliphatic rings. The summed E-state index contributed by atoms with van der Waals surface area (Å²) >= 11 is 0. The van der Waals surface area contributed by atoms with Crippen LogP contribution in [0.4, 0.5) is 5.69 Å². The summed E-state index contributed by atoms with van der Waals surface area (Å²) in [7, 11) is -1.27. The standard InChI is InChI=1S/C19H25N3O2S/c1-21-13-15-22(16-14-21)18-9-7-17(8-10-18)11-12-20-25(23,24)19-5-3-2-4-6-19/h2-10,20H,11-16H2,1H3. The number of benzene rings is 2. The molecule has 25 heavy (non-hydrogen) atoms. The highest BCUT2D eigenvalue weighted by atomic mass is 32.2. The van der Waals surface area contributed by atoms with Crippen LogP contribution in [0.1, 0.15) is 5.56 Å². The molecule has 0 aromatic heterocycles. The molecule has 2 aromatic rings. The molecule has 0 spiro atoms. The van der Waals surface area contributed by atoms with E-state index < -0.39 is 10.0 Å². The zero-order valence-electron chi connectivity index (χ0n) is 14.6. The number of nitrogens with zero attached hydrogens (tertiary/aromatic N) is 2. The molecule has 1 fully saturated rings. The topological polar surface area (TPSA) is 52.6 Å². The molecule has 0 unspecified atom stereocenters. The van der Waals surface area contributed by atoms with Gasteiger partial charge in [-0.3, -0.25) is 0 Å². The maximum Gasteiger partial charge on any atom is 0.240 e. The summed E-state index contributed by atoms with van der Waals surface area (Å²) in [6.45, 7) is 4.66. The van der Waals surface area contributed by atoms with Crippen LogP contribution in [0.2, 0.25) is 0 Å². The highest BCUT2D eigenvalue weighted by Gasteiger charge is 2.14. The lowest BCUT2D eigenvalue weighted by molar-refractivity contribution is 0.313. The first-order valence-electron chi connectivity index (χ1n) is 8.62. The third-order valence-corrected chi connectivity index (χ3v) is 6.04. The maximum atomic E-state index is 12.2. The summed E-state index contributed by atoms with van der Waals surface area (Å²) in [6.07, 6.45) is 0.676. The van der Waals surface area contributed by atoms with Crippen molar-refractivity contribution in [1.29, 1.82) is 0 Å². The Hall–Kier alpha value is -1.89. The fraction of sp³-hybridized carbons (Fsp3) is 0.368. The molecule has 1 aliphatic heterocycles. The highest BCUT2D eigenvalue weighted by Crippen LogP contribution is 2.17. The molecule has 3 rings (SSSR count). The van der Waals surface area contributed by atoms with Gasteiger partial charge in [0.05, 0.1) is 4.90 Å². The van der Waals surface area contributed by atoms with Crippen molar-refractivity contribution in [2.45, 2.75) is 11.3 Å². The Bertz CT molecular complexity index is 768. The van der Waals surface area contributed by atoms with Gasteiger partial charge in [0.2, 0.25) is 10.0 Å². The van der Waals surface area contributed by atoms with Crippen molar-refractivity contribution in [1.82, 2.24) is 9.62 Å². The minimum Gasteiger partial charge on any atom is -0.369 e. The van der Waals surface area contributed by atoms with E-state index in [1.807, 2.05) is 0 Å². The van der Waals surface area contributed by atoms with Crippen LogP contribution >= 0.6 is 0 Å². The number of rotatable bonds is 6. The van der Waals surface area contributed by atoms with Crippen molar-refractivity contribution < 1.29 is 8.42 Å². The van der Waals surface area contributed by atoms with Crippen LogP contribution < -0.4 is 9.62 Å². The summed E-state index contributed by atoms with van der Waals surface area (Å²) in [5.74, 6) is 0. The molecule has 0 radical (unpaired) electrons. The smallest absolute Gasteiger partial charge is 0.240 e. The van der Waals surface area contributed by atoms with Crippen LogP contribution in [-0.2, 0) is 16.4 Å². The molecular formula is C19H25N3O2S. The first kappa shape index (κ1) is 17.9. The van der Waals surface area contributed by atoms with Gasteiger partial charge in [-0.15, -0.1) is 0 Å². The van der Waals surface area contributed by atoms with Gasteiger partial charge in [0.25, 0.3) is 0 Å². The fourth-order valence-electron chi connectivity index (χ4n) is 2.95. The second-order valence-electron chi connectivity index (χ2n) is 6.42. The zero-order valence-corrected chi connectivity index (χ0v) is 15.4. The lowest BCUT2D eigenvalue weighted by Crippen LogP contribution is -2.44. The minimum absolute atomic E-state index is 0.306. The van der Waals surface area contributed by atoms with E-state index in [2.05, 4.69) is 45.8 Å². The van der Waals surface area contributed by atoms with Crippen molar-refractivity contribution in [3.8, 4) is 0 Å². The van der Waals surface area contributed by atoms with E-state index in [0.717, 1.165) is 31.7 Å². The van der Waals surface area contributed by atoms with Crippen molar-refractivity contribution in [3.63, 3.8) is 0 Å². The van der Waals surface area contributed by atoms with Gasteiger partial charge >= 0.3 is 0 Å². The van der Waals surface area contributed by atoms with E-state index in [-0.39, 0.29) is 0 Å². The largest absolute Gasteiger partial charge is 0.369 e. The van der Waals surface area contributed by atoms with E-state index in [4.69, 9.17) is 0 Å². The number of hydrogen-bond donors (Lipinski definition) is 1. The summed E-state index contributed by atoms with van der Waals surface area (Å²) in [4.78, 5) is 5.03. The predicted molar refractivity (Wildman–Crippen MR) is 101 cm³/mol. The lowest BCUT2D eigenvalue weighted by Gasteiger charge is -2.34. The molecule has 134 valence electrons. The van der Waals surface area contributed by atoms with Crippen LogP contribution in [0.5, 0.6) is 0 Å². The van der Waals surface area contributed by atoms with Gasteiger partial charge in [0.1, 0.15) is 0 Å². The summed E-state index contributed by atoms with van der Waals surface area (Å²) in [5, 5.41) is 0. The average Bonchev–Trinajstić information content (AvgIpc) is 2.64. The SMILES string of the molecule is CN1CCN(c2ccc(CCNS(=O)(=O)c3ccccc3)cc2)CC1. The second kappa shape index (κ2) is 7.99. The Kier molecular flexibility index (Phi) is 5.73. The summed E-state index contributed by atoms with van der Waals surface area (Å²) < 4.78 is 27.0. The second-order valence-corrected chi connectivity index (χ2v) is 8.18. The van der Waals surface area contributed by atoms with Gasteiger partial charge in [-0.2, -0.15) is 0 Å². The van der Waals surface area contributed by atoms with Gasteiger partial charge in [-0.1, -0.05) is 30.3 Å². The van der Waals surface area contributed by atoms with Crippen LogP contribution in [0.3, 0.4) is 0 Å². The molecule has 1 saturated heterocycles. The highest BCUT2D eigenvalue weighted by molar-refractivity contribution is 7.89. The van der Waals surface area contributed by atoms with Gasteiger partial charge < -0.3 is 9.80 Å². The molecule has 1 N–H and O–H groups in total. The molecule has 0 atom stereocenters. The summed E-state index contributed by atoms with van der Waals surface area (Å²) in [6, 6.07) is 16.9. The lowest BCUT2D eigenvalue weighted by atomic mass is 10.1. The number of piperazine rings is 1. The molecule has 6 heteroatoms. The first-order chi connectivity index (χ1) is 12.0. The third-order valence-electron chi connectivity index (χ3n) is 4.56. The van der Waals surface area contributed by atoms with E-state index in [1.165, 1.54) is 5.69 Å². The Morgan fingerprint density at radius 1 is 0.920 bits per heavy atom. The van der Waals surface area contributed by atoms with E-state index in [1.54, 1.807) is 30.3 Å². The number of sulfonamides is 1. The Labute approximate surface area is 150 Å². The number of hydrogen-bond acceptors (Lipinski definition) is 4. The van der Waals surface area contributed by atoms with Crippen molar-refractivity contribution in [2.24, 2.45) is 0 Å². The average molecular weight is 359 g/mol. The fourth-order valence-corrected chi connectivity index (χ4v) is 4.00. The van der Waals surface area contributed by atoms with Crippen LogP contribution in [0.25, 0.3) is 0 Å². The monoisotopic (exact) mass is 359 g/mol. The van der Waals surface area contributed by atoms with E-state index >= 15 is 0 Å². The van der Waals surface area contributed by atoms with Gasteiger partial charge in [-0.05, 0) is 43.3 Å². The predicted octanol–water partition coefficient (Wildman–Crippen LogP) is 1.96. The molecule has 5 nitrogen and oxygen atoms in total. The Morgan fingerprint density at radius 3 is 2.20 bits per heavy atom. The number of likely N-dealkylation sites (N-methyl/N-ethyl adjacent to an activating group) is 1. The van der Waals surface area contributed by atoms with Crippen LogP contribution in [0.15, 0.2) is 59.5 Å². The molecular weight excluding hydrogens is 334 g/mol. The quantitative estimate of drug-likeness (QED) is 0.857. The van der Waals surface area contributed by atoms with Crippen LogP contribution in [0, 0.1) is 0 Å². The minimum atomic E-state index is -3.42. The van der Waals surface area contributed by atoms with Gasteiger partial charge in [-0.25, -0.2) is 13.1 Å². The summed E-state index contributed by atoms with van der Waals surface area (Å²) in [5.41, 5.74) is 2.37. The third kappa shape index (κ3) is 4.81. The van der Waals surface area contributed by atoms with Crippen molar-refractivity contribution in [3.05, 3.63) is 60.2 Å². The molecule has 1 heterocycles. The molecule has 0 bridgehead atoms. The zero-order chi connectivity index (χ0) is 17.7. The maximum absolute atomic E-state index is 12.2. The van der Waals surface area contributed by atoms with Crippen molar-refractivity contribution >= 4 is 15.7 Å². The normalized spacial score (nSPS) is 16.1. The Morgan fingerprint density at radius 2 is 1.56 bits per heavy atom. The Balaban J connectivity index is 1.52. The van der Waals surface area contributed by atoms with Crippen molar-refractivity contribution in [2.75, 3.05) is 44.7 Å². The number of anilines is 1. The van der Waals surface area contributed by atoms with Gasteiger partial charge in [0.15, 0.2) is 0 Å². The molecule has 0 saturated carbocycles. The molecule has 0 amide bonds. The molecule has 2 aromatic carbocycles. The van der Waals surface area contributed by atoms with Gasteiger partial charge in [0, 0.05) is 38.4 Å². The number of nitrogens with one attached hydrogen (secondary N) is 1. The first-order valence-corrected chi connectivity index (χ1v) is 10.1. The van der Waals surface area contributed by atoms with Crippen LogP contribution in [-0.4, -0.2) is 53.1 Å².